The number of nitrogens with zero attached hydrogens (tertiary/aromatic N) is 1. The summed E-state index contributed by atoms with van der Waals surface area (Å²) < 4.78 is 11.5. The molecule has 0 aliphatic carbocycles. The van der Waals surface area contributed by atoms with Crippen LogP contribution in [0.1, 0.15) is 16.4 Å². The number of hydrogen-bond acceptors (Lipinski definition) is 8. The van der Waals surface area contributed by atoms with Crippen molar-refractivity contribution < 1.29 is 23.9 Å². The minimum atomic E-state index is -0.727. The van der Waals surface area contributed by atoms with Crippen LogP contribution in [0.4, 0.5) is 11.4 Å². The van der Waals surface area contributed by atoms with E-state index in [2.05, 4.69) is 10.3 Å². The number of anilines is 2. The van der Waals surface area contributed by atoms with Crippen molar-refractivity contribution >= 4 is 63.0 Å². The summed E-state index contributed by atoms with van der Waals surface area (Å²) >= 11 is 2.26. The Morgan fingerprint density at radius 3 is 2.50 bits per heavy atom. The van der Waals surface area contributed by atoms with Gasteiger partial charge in [0.15, 0.2) is 18.1 Å². The molecular formula is C33H25N3O6S2. The zero-order valence-electron chi connectivity index (χ0n) is 23.3. The van der Waals surface area contributed by atoms with Gasteiger partial charge in [0.1, 0.15) is 5.25 Å². The predicted molar refractivity (Wildman–Crippen MR) is 170 cm³/mol. The number of thiazole rings is 1. The summed E-state index contributed by atoms with van der Waals surface area (Å²) in [5.74, 6) is -1.57. The Morgan fingerprint density at radius 1 is 0.909 bits per heavy atom. The molecule has 4 aromatic carbocycles. The van der Waals surface area contributed by atoms with E-state index < -0.39 is 17.1 Å². The van der Waals surface area contributed by atoms with Crippen LogP contribution in [0.5, 0.6) is 11.5 Å². The second kappa shape index (κ2) is 11.3. The van der Waals surface area contributed by atoms with Gasteiger partial charge in [-0.15, -0.1) is 0 Å². The second-order valence-corrected chi connectivity index (χ2v) is 12.5. The van der Waals surface area contributed by atoms with Gasteiger partial charge in [0.25, 0.3) is 5.91 Å². The Labute approximate surface area is 259 Å². The van der Waals surface area contributed by atoms with Crippen LogP contribution in [0.2, 0.25) is 0 Å². The van der Waals surface area contributed by atoms with Gasteiger partial charge >= 0.3 is 4.87 Å². The number of amides is 3. The molecule has 7 rings (SSSR count). The summed E-state index contributed by atoms with van der Waals surface area (Å²) in [6.45, 7) is -0.258. The monoisotopic (exact) mass is 623 g/mol. The van der Waals surface area contributed by atoms with Gasteiger partial charge < -0.3 is 19.8 Å². The molecule has 5 aromatic rings. The Morgan fingerprint density at radius 2 is 1.68 bits per heavy atom. The van der Waals surface area contributed by atoms with Crippen LogP contribution in [-0.2, 0) is 14.4 Å². The number of imide groups is 1. The average Bonchev–Trinajstić information content (AvgIpc) is 3.54. The SMILES string of the molecule is COc1cc([C@@H]2c3sc(=O)[nH]c3S[C@H]3C(=O)N(c4ccccc4)C(=O)[C@@H]23)ccc1OCC(=O)Nc1cccc2ccccc12. The van der Waals surface area contributed by atoms with Gasteiger partial charge in [-0.05, 0) is 41.3 Å². The molecule has 44 heavy (non-hydrogen) atoms. The van der Waals surface area contributed by atoms with Gasteiger partial charge in [0.05, 0.1) is 23.7 Å². The highest BCUT2D eigenvalue weighted by Gasteiger charge is 2.56. The Bertz CT molecular complexity index is 1980. The van der Waals surface area contributed by atoms with Gasteiger partial charge in [-0.2, -0.15) is 0 Å². The standard InChI is InChI=1S/C33H25N3O6S2/c1-41-24-16-19(14-15-23(24)42-17-25(37)34-22-13-7-9-18-8-5-6-12-21(18)22)26-27-29(43-30-28(26)44-33(40)35-30)32(39)36(31(27)38)20-10-3-2-4-11-20/h2-16,26-27,29H,17H2,1H3,(H,34,37)(H,35,40)/t26-,27-,29+/m0/s1. The lowest BCUT2D eigenvalue weighted by atomic mass is 9.83. The molecule has 0 spiro atoms. The number of nitrogens with one attached hydrogen (secondary N) is 2. The lowest BCUT2D eigenvalue weighted by molar-refractivity contribution is -0.122. The molecule has 1 aromatic heterocycles. The highest BCUT2D eigenvalue weighted by atomic mass is 32.2. The van der Waals surface area contributed by atoms with Crippen LogP contribution in [0, 0.1) is 5.92 Å². The minimum Gasteiger partial charge on any atom is -0.493 e. The third-order valence-corrected chi connectivity index (χ3v) is 10.2. The number of para-hydroxylation sites is 1. The normalized spacial score (nSPS) is 19.0. The van der Waals surface area contributed by atoms with Crippen LogP contribution in [-0.4, -0.2) is 41.7 Å². The van der Waals surface area contributed by atoms with E-state index in [4.69, 9.17) is 9.47 Å². The molecule has 0 unspecified atom stereocenters. The molecular weight excluding hydrogens is 599 g/mol. The molecule has 2 N–H and O–H groups in total. The van der Waals surface area contributed by atoms with Gasteiger partial charge in [0, 0.05) is 21.9 Å². The first-order valence-corrected chi connectivity index (χ1v) is 15.5. The zero-order valence-corrected chi connectivity index (χ0v) is 24.9. The molecule has 220 valence electrons. The van der Waals surface area contributed by atoms with Crippen molar-refractivity contribution in [1.29, 1.82) is 0 Å². The number of hydrogen-bond donors (Lipinski definition) is 2. The number of fused-ring (bicyclic) bond motifs is 3. The van der Waals surface area contributed by atoms with Gasteiger partial charge in [-0.25, -0.2) is 4.90 Å². The quantitative estimate of drug-likeness (QED) is 0.233. The first kappa shape index (κ1) is 27.9. The van der Waals surface area contributed by atoms with Crippen LogP contribution in [0.15, 0.2) is 101 Å². The van der Waals surface area contributed by atoms with Crippen molar-refractivity contribution in [3.8, 4) is 11.5 Å². The first-order chi connectivity index (χ1) is 21.4. The Kier molecular flexibility index (Phi) is 7.19. The summed E-state index contributed by atoms with van der Waals surface area (Å²) in [6, 6.07) is 27.5. The fourth-order valence-electron chi connectivity index (χ4n) is 5.87. The van der Waals surface area contributed by atoms with Crippen LogP contribution in [0.3, 0.4) is 0 Å². The van der Waals surface area contributed by atoms with Crippen molar-refractivity contribution in [2.24, 2.45) is 5.92 Å². The smallest absolute Gasteiger partial charge is 0.305 e. The summed E-state index contributed by atoms with van der Waals surface area (Å²) in [4.78, 5) is 57.3. The van der Waals surface area contributed by atoms with E-state index in [-0.39, 0.29) is 29.2 Å². The van der Waals surface area contributed by atoms with Gasteiger partial charge in [-0.1, -0.05) is 83.8 Å². The highest BCUT2D eigenvalue weighted by molar-refractivity contribution is 8.00. The first-order valence-electron chi connectivity index (χ1n) is 13.8. The van der Waals surface area contributed by atoms with Gasteiger partial charge in [-0.3, -0.25) is 19.2 Å². The Balaban J connectivity index is 1.16. The molecule has 0 radical (unpaired) electrons. The zero-order chi connectivity index (χ0) is 30.4. The minimum absolute atomic E-state index is 0.253. The fraction of sp³-hybridized carbons (Fsp3) is 0.152. The molecule has 0 saturated carbocycles. The molecule has 0 bridgehead atoms. The van der Waals surface area contributed by atoms with E-state index in [1.165, 1.54) is 23.8 Å². The van der Waals surface area contributed by atoms with E-state index in [1.54, 1.807) is 42.5 Å². The molecule has 2 aliphatic heterocycles. The third-order valence-electron chi connectivity index (χ3n) is 7.81. The van der Waals surface area contributed by atoms with E-state index in [9.17, 15) is 19.2 Å². The molecule has 3 amide bonds. The van der Waals surface area contributed by atoms with Crippen molar-refractivity contribution in [2.75, 3.05) is 23.9 Å². The predicted octanol–water partition coefficient (Wildman–Crippen LogP) is 5.41. The van der Waals surface area contributed by atoms with Crippen molar-refractivity contribution in [2.45, 2.75) is 16.2 Å². The molecule has 11 heteroatoms. The lowest BCUT2D eigenvalue weighted by Crippen LogP contribution is -2.32. The fourth-order valence-corrected chi connectivity index (χ4v) is 8.38. The van der Waals surface area contributed by atoms with E-state index in [0.717, 1.165) is 22.1 Å². The summed E-state index contributed by atoms with van der Waals surface area (Å²) in [5, 5.41) is 4.73. The number of aromatic amines is 1. The maximum Gasteiger partial charge on any atom is 0.305 e. The van der Waals surface area contributed by atoms with Crippen LogP contribution >= 0.6 is 23.1 Å². The molecule has 9 nitrogen and oxygen atoms in total. The summed E-state index contributed by atoms with van der Waals surface area (Å²) in [5.41, 5.74) is 1.89. The number of aromatic nitrogens is 1. The Hall–Kier alpha value is -4.87. The number of benzene rings is 4. The van der Waals surface area contributed by atoms with E-state index >= 15 is 0 Å². The topological polar surface area (TPSA) is 118 Å². The number of rotatable bonds is 7. The average molecular weight is 624 g/mol. The van der Waals surface area contributed by atoms with E-state index in [0.29, 0.717) is 38.3 Å². The number of H-pyrrole nitrogens is 1. The van der Waals surface area contributed by atoms with Crippen molar-refractivity contribution in [3.05, 3.63) is 111 Å². The number of ether oxygens (including phenoxy) is 2. The molecule has 1 saturated heterocycles. The number of carbonyl (C=O) groups is 3. The molecule has 2 aliphatic rings. The molecule has 1 fully saturated rings. The summed E-state index contributed by atoms with van der Waals surface area (Å²) in [7, 11) is 1.49. The molecule has 3 heterocycles. The number of carbonyl (C=O) groups excluding carboxylic acids is 3. The lowest BCUT2D eigenvalue weighted by Gasteiger charge is -2.30. The van der Waals surface area contributed by atoms with E-state index in [1.807, 2.05) is 48.5 Å². The van der Waals surface area contributed by atoms with Crippen molar-refractivity contribution in [1.82, 2.24) is 4.98 Å². The highest BCUT2D eigenvalue weighted by Crippen LogP contribution is 2.53. The maximum absolute atomic E-state index is 13.9. The van der Waals surface area contributed by atoms with Gasteiger partial charge in [0.2, 0.25) is 11.8 Å². The largest absolute Gasteiger partial charge is 0.493 e. The number of thioether (sulfide) groups is 1. The van der Waals surface area contributed by atoms with Crippen LogP contribution < -0.4 is 24.6 Å². The number of methoxy groups -OCH3 is 1. The molecule has 3 atom stereocenters. The van der Waals surface area contributed by atoms with Crippen LogP contribution in [0.25, 0.3) is 10.8 Å². The van der Waals surface area contributed by atoms with Crippen molar-refractivity contribution in [3.63, 3.8) is 0 Å². The third kappa shape index (κ3) is 4.83. The second-order valence-electron chi connectivity index (χ2n) is 10.4. The summed E-state index contributed by atoms with van der Waals surface area (Å²) in [6.07, 6.45) is 0. The maximum atomic E-state index is 13.9.